The molecule has 2 aromatic rings. The minimum atomic E-state index is -0.104. The number of hydrogen-bond acceptors (Lipinski definition) is 1. The van der Waals surface area contributed by atoms with Crippen molar-refractivity contribution in [1.82, 2.24) is 0 Å². The molecule has 1 saturated heterocycles. The Hall–Kier alpha value is -1.87. The van der Waals surface area contributed by atoms with Crippen LogP contribution in [0.4, 0.5) is 10.1 Å². The summed E-state index contributed by atoms with van der Waals surface area (Å²) in [6, 6.07) is 18.5. The average molecular weight is 313 g/mol. The molecular weight excluding hydrogens is 287 g/mol. The van der Waals surface area contributed by atoms with E-state index in [1.54, 1.807) is 17.0 Å². The summed E-state index contributed by atoms with van der Waals surface area (Å²) in [6.45, 7) is 6.39. The van der Waals surface area contributed by atoms with Gasteiger partial charge in [-0.3, -0.25) is 0 Å². The van der Waals surface area contributed by atoms with Crippen LogP contribution in [0.25, 0.3) is 0 Å². The number of nitrogens with zero attached hydrogens (tertiary/aromatic N) is 1. The molecule has 0 aromatic heterocycles. The minimum Gasteiger partial charge on any atom is -0.358 e. The van der Waals surface area contributed by atoms with E-state index < -0.39 is 0 Å². The Morgan fingerprint density at radius 3 is 2.35 bits per heavy atom. The van der Waals surface area contributed by atoms with Crippen molar-refractivity contribution in [3.8, 4) is 0 Å². The number of anilines is 1. The molecule has 122 valence electrons. The van der Waals surface area contributed by atoms with Gasteiger partial charge in [-0.15, -0.1) is 0 Å². The third-order valence-electron chi connectivity index (χ3n) is 5.00. The number of aryl methyl sites for hydroxylation is 1. The largest absolute Gasteiger partial charge is 0.358 e. The molecular formula is C20H26FN2+. The Bertz CT molecular complexity index is 606. The molecule has 1 aliphatic heterocycles. The van der Waals surface area contributed by atoms with Crippen LogP contribution in [-0.4, -0.2) is 32.2 Å². The van der Waals surface area contributed by atoms with E-state index in [1.165, 1.54) is 12.0 Å². The molecule has 0 amide bonds. The zero-order valence-electron chi connectivity index (χ0n) is 13.8. The Morgan fingerprint density at radius 2 is 1.65 bits per heavy atom. The van der Waals surface area contributed by atoms with Crippen molar-refractivity contribution in [1.29, 1.82) is 0 Å². The maximum absolute atomic E-state index is 13.9. The van der Waals surface area contributed by atoms with Gasteiger partial charge in [0, 0.05) is 6.42 Å². The number of para-hydroxylation sites is 1. The summed E-state index contributed by atoms with van der Waals surface area (Å²) in [7, 11) is 0. The molecule has 3 rings (SSSR count). The van der Waals surface area contributed by atoms with Crippen LogP contribution in [0.3, 0.4) is 0 Å². The highest BCUT2D eigenvalue weighted by atomic mass is 19.1. The highest BCUT2D eigenvalue weighted by Gasteiger charge is 2.25. The minimum absolute atomic E-state index is 0.104. The van der Waals surface area contributed by atoms with Gasteiger partial charge in [-0.1, -0.05) is 42.5 Å². The summed E-state index contributed by atoms with van der Waals surface area (Å²) < 4.78 is 13.9. The molecule has 1 aliphatic rings. The fraction of sp³-hybridized carbons (Fsp3) is 0.400. The molecule has 1 fully saturated rings. The first-order valence-corrected chi connectivity index (χ1v) is 8.62. The van der Waals surface area contributed by atoms with E-state index in [-0.39, 0.29) is 5.82 Å². The first-order chi connectivity index (χ1) is 11.2. The summed E-state index contributed by atoms with van der Waals surface area (Å²) in [5.41, 5.74) is 2.17. The van der Waals surface area contributed by atoms with Gasteiger partial charge in [0.2, 0.25) is 0 Å². The van der Waals surface area contributed by atoms with Crippen LogP contribution in [-0.2, 0) is 6.42 Å². The first-order valence-electron chi connectivity index (χ1n) is 8.62. The zero-order valence-corrected chi connectivity index (χ0v) is 13.8. The number of rotatable bonds is 5. The van der Waals surface area contributed by atoms with Crippen LogP contribution in [0.1, 0.15) is 18.9 Å². The van der Waals surface area contributed by atoms with Crippen molar-refractivity contribution in [3.05, 3.63) is 66.0 Å². The first kappa shape index (κ1) is 16.0. The molecule has 2 aromatic carbocycles. The molecule has 23 heavy (non-hydrogen) atoms. The normalized spacial score (nSPS) is 17.2. The lowest BCUT2D eigenvalue weighted by Crippen LogP contribution is -3.18. The van der Waals surface area contributed by atoms with E-state index >= 15 is 0 Å². The highest BCUT2D eigenvalue weighted by Crippen LogP contribution is 2.18. The molecule has 3 heteroatoms. The Balaban J connectivity index is 1.49. The molecule has 1 atom stereocenters. The third-order valence-corrected chi connectivity index (χ3v) is 5.00. The van der Waals surface area contributed by atoms with Gasteiger partial charge in [0.05, 0.1) is 37.9 Å². The number of quaternary nitrogens is 1. The van der Waals surface area contributed by atoms with Crippen LogP contribution < -0.4 is 9.80 Å². The van der Waals surface area contributed by atoms with Crippen LogP contribution in [0.15, 0.2) is 54.6 Å². The standard InChI is InChI=1S/C20H25FN2/c1-17(11-12-18-7-3-2-4-8-18)22-13-15-23(16-14-22)20-10-6-5-9-19(20)21/h2-10,17H,11-16H2,1H3/p+1/t17-/m1/s1. The van der Waals surface area contributed by atoms with Gasteiger partial charge in [0.1, 0.15) is 5.82 Å². The van der Waals surface area contributed by atoms with E-state index in [4.69, 9.17) is 0 Å². The van der Waals surface area contributed by atoms with E-state index in [2.05, 4.69) is 42.2 Å². The van der Waals surface area contributed by atoms with Gasteiger partial charge in [0.25, 0.3) is 0 Å². The Morgan fingerprint density at radius 1 is 1.00 bits per heavy atom. The molecule has 0 radical (unpaired) electrons. The molecule has 0 saturated carbocycles. The van der Waals surface area contributed by atoms with Crippen molar-refractivity contribution in [3.63, 3.8) is 0 Å². The third kappa shape index (κ3) is 4.11. The van der Waals surface area contributed by atoms with Gasteiger partial charge in [0.15, 0.2) is 0 Å². The van der Waals surface area contributed by atoms with Crippen molar-refractivity contribution < 1.29 is 9.29 Å². The summed E-state index contributed by atoms with van der Waals surface area (Å²) >= 11 is 0. The fourth-order valence-electron chi connectivity index (χ4n) is 3.47. The number of halogens is 1. The average Bonchev–Trinajstić information content (AvgIpc) is 2.61. The summed E-state index contributed by atoms with van der Waals surface area (Å²) in [6.07, 6.45) is 2.35. The second-order valence-corrected chi connectivity index (χ2v) is 6.52. The number of benzene rings is 2. The Kier molecular flexibility index (Phi) is 5.29. The van der Waals surface area contributed by atoms with Crippen LogP contribution in [0.2, 0.25) is 0 Å². The quantitative estimate of drug-likeness (QED) is 0.891. The summed E-state index contributed by atoms with van der Waals surface area (Å²) in [4.78, 5) is 3.83. The van der Waals surface area contributed by atoms with Gasteiger partial charge >= 0.3 is 0 Å². The van der Waals surface area contributed by atoms with Crippen molar-refractivity contribution in [2.45, 2.75) is 25.8 Å². The molecule has 2 nitrogen and oxygen atoms in total. The number of hydrogen-bond donors (Lipinski definition) is 1. The van der Waals surface area contributed by atoms with Crippen molar-refractivity contribution in [2.75, 3.05) is 31.1 Å². The van der Waals surface area contributed by atoms with E-state index in [0.29, 0.717) is 6.04 Å². The van der Waals surface area contributed by atoms with Gasteiger partial charge in [-0.25, -0.2) is 4.39 Å². The van der Waals surface area contributed by atoms with E-state index in [9.17, 15) is 4.39 Å². The topological polar surface area (TPSA) is 7.68 Å². The molecule has 0 unspecified atom stereocenters. The maximum atomic E-state index is 13.9. The molecule has 1 N–H and O–H groups in total. The van der Waals surface area contributed by atoms with Crippen LogP contribution in [0, 0.1) is 5.82 Å². The van der Waals surface area contributed by atoms with Gasteiger partial charge in [-0.2, -0.15) is 0 Å². The lowest BCUT2D eigenvalue weighted by molar-refractivity contribution is -0.924. The number of piperazine rings is 1. The molecule has 0 aliphatic carbocycles. The van der Waals surface area contributed by atoms with E-state index in [1.807, 2.05) is 12.1 Å². The Labute approximate surface area is 138 Å². The summed E-state index contributed by atoms with van der Waals surface area (Å²) in [5.74, 6) is -0.104. The lowest BCUT2D eigenvalue weighted by atomic mass is 10.0. The monoisotopic (exact) mass is 313 g/mol. The predicted molar refractivity (Wildman–Crippen MR) is 93.5 cm³/mol. The fourth-order valence-corrected chi connectivity index (χ4v) is 3.47. The van der Waals surface area contributed by atoms with Crippen molar-refractivity contribution in [2.24, 2.45) is 0 Å². The van der Waals surface area contributed by atoms with Gasteiger partial charge in [-0.05, 0) is 31.0 Å². The van der Waals surface area contributed by atoms with Crippen LogP contribution >= 0.6 is 0 Å². The lowest BCUT2D eigenvalue weighted by Gasteiger charge is -2.36. The second-order valence-electron chi connectivity index (χ2n) is 6.52. The van der Waals surface area contributed by atoms with Crippen LogP contribution in [0.5, 0.6) is 0 Å². The SMILES string of the molecule is C[C@H](CCc1ccccc1)[NH+]1CCN(c2ccccc2F)CC1. The number of nitrogens with one attached hydrogen (secondary N) is 1. The zero-order chi connectivity index (χ0) is 16.1. The summed E-state index contributed by atoms with van der Waals surface area (Å²) in [5, 5.41) is 0. The van der Waals surface area contributed by atoms with Crippen molar-refractivity contribution >= 4 is 5.69 Å². The molecule has 1 heterocycles. The second kappa shape index (κ2) is 7.60. The predicted octanol–water partition coefficient (Wildman–Crippen LogP) is 2.55. The smallest absolute Gasteiger partial charge is 0.146 e. The highest BCUT2D eigenvalue weighted by molar-refractivity contribution is 5.47. The maximum Gasteiger partial charge on any atom is 0.146 e. The molecule has 0 spiro atoms. The van der Waals surface area contributed by atoms with Gasteiger partial charge < -0.3 is 9.80 Å². The molecule has 0 bridgehead atoms. The van der Waals surface area contributed by atoms with E-state index in [0.717, 1.165) is 38.3 Å².